The Hall–Kier alpha value is -0.546. The fourth-order valence-corrected chi connectivity index (χ4v) is 9.39. The summed E-state index contributed by atoms with van der Waals surface area (Å²) in [6.45, 7) is 12.4. The van der Waals surface area contributed by atoms with Crippen molar-refractivity contribution in [2.24, 2.45) is 0 Å². The maximum absolute atomic E-state index is 10.2. The number of hydrogen-bond donors (Lipinski definition) is 1. The molecule has 1 saturated carbocycles. The van der Waals surface area contributed by atoms with Gasteiger partial charge in [-0.3, -0.25) is 0 Å². The number of hydrogen-bond acceptors (Lipinski definition) is 1. The highest BCUT2D eigenvalue weighted by atomic mass is 28.3. The van der Waals surface area contributed by atoms with E-state index in [4.69, 9.17) is 0 Å². The first-order valence-corrected chi connectivity index (χ1v) is 14.2. The lowest BCUT2D eigenvalue weighted by Crippen LogP contribution is -2.45. The number of benzene rings is 1. The average molecular weight is 293 g/mol. The highest BCUT2D eigenvalue weighted by Crippen LogP contribution is 2.49. The monoisotopic (exact) mass is 292 g/mol. The van der Waals surface area contributed by atoms with Gasteiger partial charge in [0.25, 0.3) is 0 Å². The molecule has 1 N–H and O–H groups in total. The first kappa shape index (κ1) is 14.9. The van der Waals surface area contributed by atoms with Crippen molar-refractivity contribution in [3.8, 4) is 5.75 Å². The molecule has 0 amide bonds. The van der Waals surface area contributed by atoms with E-state index in [9.17, 15) is 5.11 Å². The molecule has 2 unspecified atom stereocenters. The second-order valence-electron chi connectivity index (χ2n) is 7.81. The fourth-order valence-electron chi connectivity index (χ4n) is 3.66. The number of aromatic hydroxyl groups is 1. The van der Waals surface area contributed by atoms with E-state index in [0.29, 0.717) is 5.75 Å². The molecular weight excluding hydrogens is 264 g/mol. The van der Waals surface area contributed by atoms with Gasteiger partial charge in [-0.25, -0.2) is 0 Å². The van der Waals surface area contributed by atoms with Crippen LogP contribution in [0, 0.1) is 0 Å². The third kappa shape index (κ3) is 2.97. The minimum atomic E-state index is -1.54. The zero-order valence-corrected chi connectivity index (χ0v) is 15.0. The van der Waals surface area contributed by atoms with Crippen LogP contribution in [0.3, 0.4) is 0 Å². The summed E-state index contributed by atoms with van der Waals surface area (Å²) in [6.07, 6.45) is 4.20. The molecule has 1 aliphatic rings. The predicted molar refractivity (Wildman–Crippen MR) is 89.9 cm³/mol. The third-order valence-corrected chi connectivity index (χ3v) is 12.6. The van der Waals surface area contributed by atoms with Gasteiger partial charge >= 0.3 is 0 Å². The lowest BCUT2D eigenvalue weighted by molar-refractivity contribution is 0.479. The largest absolute Gasteiger partial charge is 0.508 e. The zero-order valence-electron chi connectivity index (χ0n) is 13.0. The maximum Gasteiger partial charge on any atom is 0.114 e. The van der Waals surface area contributed by atoms with Crippen molar-refractivity contribution in [2.45, 2.75) is 63.1 Å². The molecule has 0 bridgehead atoms. The highest BCUT2D eigenvalue weighted by molar-refractivity contribution is 6.91. The van der Waals surface area contributed by atoms with Gasteiger partial charge in [0.15, 0.2) is 0 Å². The van der Waals surface area contributed by atoms with E-state index >= 15 is 0 Å². The van der Waals surface area contributed by atoms with E-state index in [1.165, 1.54) is 24.4 Å². The summed E-state index contributed by atoms with van der Waals surface area (Å²) in [6, 6.07) is 8.02. The van der Waals surface area contributed by atoms with Crippen LogP contribution in [0.1, 0.15) is 19.3 Å². The predicted octanol–water partition coefficient (Wildman–Crippen LogP) is 4.57. The van der Waals surface area contributed by atoms with E-state index < -0.39 is 16.1 Å². The van der Waals surface area contributed by atoms with Gasteiger partial charge in [0.2, 0.25) is 0 Å². The van der Waals surface area contributed by atoms with Gasteiger partial charge in [-0.05, 0) is 22.3 Å². The standard InChI is InChI=1S/C16H28OSi2/c1-18(2,3)13-10-11-14(12-13)19(4,5)16-9-7-6-8-15(16)17/h6-9,13-14,17H,10-12H2,1-5H3. The fraction of sp³-hybridized carbons (Fsp3) is 0.625. The molecule has 106 valence electrons. The molecule has 0 aromatic heterocycles. The molecule has 1 fully saturated rings. The molecule has 2 rings (SSSR count). The van der Waals surface area contributed by atoms with Crippen molar-refractivity contribution in [3.05, 3.63) is 24.3 Å². The lowest BCUT2D eigenvalue weighted by Gasteiger charge is -2.32. The molecule has 0 aliphatic heterocycles. The van der Waals surface area contributed by atoms with Gasteiger partial charge in [0.1, 0.15) is 5.75 Å². The third-order valence-electron chi connectivity index (χ3n) is 5.28. The summed E-state index contributed by atoms with van der Waals surface area (Å²) in [5, 5.41) is 11.4. The topological polar surface area (TPSA) is 20.2 Å². The Bertz CT molecular complexity index is 448. The van der Waals surface area contributed by atoms with Crippen molar-refractivity contribution in [3.63, 3.8) is 0 Å². The van der Waals surface area contributed by atoms with Gasteiger partial charge in [-0.15, -0.1) is 0 Å². The van der Waals surface area contributed by atoms with E-state index in [1.807, 2.05) is 12.1 Å². The Morgan fingerprint density at radius 1 is 0.947 bits per heavy atom. The zero-order chi connectivity index (χ0) is 14.3. The van der Waals surface area contributed by atoms with Crippen LogP contribution in [-0.4, -0.2) is 21.3 Å². The van der Waals surface area contributed by atoms with Gasteiger partial charge in [-0.1, -0.05) is 70.2 Å². The van der Waals surface area contributed by atoms with E-state index in [0.717, 1.165) is 11.1 Å². The van der Waals surface area contributed by atoms with Crippen molar-refractivity contribution < 1.29 is 5.11 Å². The quantitative estimate of drug-likeness (QED) is 0.809. The smallest absolute Gasteiger partial charge is 0.114 e. The molecule has 1 aromatic rings. The maximum atomic E-state index is 10.2. The van der Waals surface area contributed by atoms with Crippen LogP contribution < -0.4 is 5.19 Å². The van der Waals surface area contributed by atoms with Gasteiger partial charge < -0.3 is 5.11 Å². The van der Waals surface area contributed by atoms with Crippen LogP contribution in [0.5, 0.6) is 5.75 Å². The minimum absolute atomic E-state index is 0.524. The van der Waals surface area contributed by atoms with Crippen LogP contribution in [0.2, 0.25) is 43.8 Å². The molecule has 1 aromatic carbocycles. The van der Waals surface area contributed by atoms with Gasteiger partial charge in [0, 0.05) is 8.07 Å². The summed E-state index contributed by atoms with van der Waals surface area (Å²) in [5.74, 6) is 0.524. The molecule has 2 atom stereocenters. The molecular formula is C16H28OSi2. The summed E-state index contributed by atoms with van der Waals surface area (Å²) in [7, 11) is -2.54. The van der Waals surface area contributed by atoms with Crippen molar-refractivity contribution in [1.29, 1.82) is 0 Å². The number of phenolic OH excluding ortho intramolecular Hbond substituents is 1. The summed E-state index contributed by atoms with van der Waals surface area (Å²) < 4.78 is 0. The summed E-state index contributed by atoms with van der Waals surface area (Å²) in [4.78, 5) is 0. The number of phenols is 1. The van der Waals surface area contributed by atoms with Crippen molar-refractivity contribution in [1.82, 2.24) is 0 Å². The highest BCUT2D eigenvalue weighted by Gasteiger charge is 2.43. The molecule has 0 radical (unpaired) electrons. The molecule has 0 saturated heterocycles. The molecule has 19 heavy (non-hydrogen) atoms. The van der Waals surface area contributed by atoms with Crippen LogP contribution in [0.25, 0.3) is 0 Å². The normalized spacial score (nSPS) is 24.7. The van der Waals surface area contributed by atoms with Crippen molar-refractivity contribution in [2.75, 3.05) is 0 Å². The first-order valence-electron chi connectivity index (χ1n) is 7.51. The Morgan fingerprint density at radius 3 is 2.05 bits per heavy atom. The van der Waals surface area contributed by atoms with E-state index in [1.54, 1.807) is 0 Å². The first-order chi connectivity index (χ1) is 8.73. The molecule has 0 spiro atoms. The Kier molecular flexibility index (Phi) is 3.98. The van der Waals surface area contributed by atoms with Crippen molar-refractivity contribution >= 4 is 21.3 Å². The SMILES string of the molecule is C[Si](C)(C)C1CCC([Si](C)(C)c2ccccc2O)C1. The molecule has 0 heterocycles. The van der Waals surface area contributed by atoms with Crippen LogP contribution in [-0.2, 0) is 0 Å². The van der Waals surface area contributed by atoms with Crippen LogP contribution in [0.4, 0.5) is 0 Å². The van der Waals surface area contributed by atoms with Crippen LogP contribution in [0.15, 0.2) is 24.3 Å². The number of para-hydroxylation sites is 1. The molecule has 1 aliphatic carbocycles. The second-order valence-corrected chi connectivity index (χ2v) is 18.2. The van der Waals surface area contributed by atoms with Gasteiger partial charge in [-0.2, -0.15) is 0 Å². The van der Waals surface area contributed by atoms with Crippen LogP contribution >= 0.6 is 0 Å². The Balaban J connectivity index is 2.21. The average Bonchev–Trinajstić information content (AvgIpc) is 2.78. The molecule has 1 nitrogen and oxygen atoms in total. The van der Waals surface area contributed by atoms with E-state index in [2.05, 4.69) is 44.9 Å². The summed E-state index contributed by atoms with van der Waals surface area (Å²) in [5.41, 5.74) is 1.83. The van der Waals surface area contributed by atoms with E-state index in [-0.39, 0.29) is 0 Å². The molecule has 3 heteroatoms. The number of rotatable bonds is 3. The Labute approximate surface area is 120 Å². The second kappa shape index (κ2) is 5.09. The van der Waals surface area contributed by atoms with Gasteiger partial charge in [0.05, 0.1) is 8.07 Å². The Morgan fingerprint density at radius 2 is 1.53 bits per heavy atom. The minimum Gasteiger partial charge on any atom is -0.508 e. The summed E-state index contributed by atoms with van der Waals surface area (Å²) >= 11 is 0. The lowest BCUT2D eigenvalue weighted by atomic mass is 10.3.